The number of hydrogen-bond acceptors (Lipinski definition) is 3. The van der Waals surface area contributed by atoms with E-state index in [0.29, 0.717) is 0 Å². The van der Waals surface area contributed by atoms with Gasteiger partial charge in [0.15, 0.2) is 8.32 Å². The molecule has 3 nitrogen and oxygen atoms in total. The van der Waals surface area contributed by atoms with E-state index in [0.717, 1.165) is 24.4 Å². The summed E-state index contributed by atoms with van der Waals surface area (Å²) in [6, 6.07) is 9.77. The molecule has 0 radical (unpaired) electrons. The molecule has 0 spiro atoms. The predicted octanol–water partition coefficient (Wildman–Crippen LogP) is 6.97. The second kappa shape index (κ2) is 12.1. The third-order valence-corrected chi connectivity index (χ3v) is 7.91. The molecule has 0 saturated heterocycles. The van der Waals surface area contributed by atoms with Crippen LogP contribution in [0.25, 0.3) is 11.4 Å². The highest BCUT2D eigenvalue weighted by atomic mass is 28.4. The minimum Gasteiger partial charge on any atom is -0.418 e. The first-order chi connectivity index (χ1) is 13.5. The molecule has 0 aliphatic rings. The number of unbranched alkanes of at least 4 members (excludes halogenated alkanes) is 6. The van der Waals surface area contributed by atoms with Crippen molar-refractivity contribution in [2.75, 3.05) is 6.61 Å². The van der Waals surface area contributed by atoms with Gasteiger partial charge in [0.2, 0.25) is 0 Å². The molecule has 0 aromatic carbocycles. The molecule has 0 bridgehead atoms. The summed E-state index contributed by atoms with van der Waals surface area (Å²) in [6.07, 6.45) is 14.3. The lowest BCUT2D eigenvalue weighted by Gasteiger charge is -2.21. The monoisotopic (exact) mass is 398 g/mol. The van der Waals surface area contributed by atoms with Gasteiger partial charge in [-0.3, -0.25) is 9.97 Å². The molecule has 28 heavy (non-hydrogen) atoms. The van der Waals surface area contributed by atoms with Crippen LogP contribution in [0, 0.1) is 6.92 Å². The van der Waals surface area contributed by atoms with Crippen LogP contribution in [0.3, 0.4) is 0 Å². The molecule has 0 unspecified atom stereocenters. The van der Waals surface area contributed by atoms with Crippen molar-refractivity contribution in [3.63, 3.8) is 0 Å². The Hall–Kier alpha value is -1.52. The Morgan fingerprint density at radius 1 is 0.821 bits per heavy atom. The summed E-state index contributed by atoms with van der Waals surface area (Å²) in [6.45, 7) is 9.77. The summed E-state index contributed by atoms with van der Waals surface area (Å²) < 4.78 is 5.90. The summed E-state index contributed by atoms with van der Waals surface area (Å²) in [5, 5.41) is 0. The quantitative estimate of drug-likeness (QED) is 0.270. The van der Waals surface area contributed by atoms with Crippen molar-refractivity contribution in [2.45, 2.75) is 84.4 Å². The summed E-state index contributed by atoms with van der Waals surface area (Å²) in [5.74, 6) is 0. The molecule has 4 heteroatoms. The first-order valence-corrected chi connectivity index (χ1v) is 14.1. The molecule has 0 aliphatic heterocycles. The molecule has 0 saturated carbocycles. The molecule has 0 fully saturated rings. The van der Waals surface area contributed by atoms with E-state index in [1.807, 2.05) is 18.5 Å². The number of pyridine rings is 2. The van der Waals surface area contributed by atoms with Crippen molar-refractivity contribution in [1.29, 1.82) is 0 Å². The van der Waals surface area contributed by atoms with E-state index in [-0.39, 0.29) is 0 Å². The van der Waals surface area contributed by atoms with E-state index < -0.39 is 8.32 Å². The molecule has 0 N–H and O–H groups in total. The van der Waals surface area contributed by atoms with Gasteiger partial charge < -0.3 is 4.43 Å². The van der Waals surface area contributed by atoms with Crippen molar-refractivity contribution in [1.82, 2.24) is 9.97 Å². The molecule has 0 atom stereocenters. The van der Waals surface area contributed by atoms with Gasteiger partial charge >= 0.3 is 0 Å². The fourth-order valence-corrected chi connectivity index (χ4v) is 5.70. The van der Waals surface area contributed by atoms with E-state index in [2.05, 4.69) is 55.1 Å². The predicted molar refractivity (Wildman–Crippen MR) is 122 cm³/mol. The maximum Gasteiger partial charge on any atom is 0.186 e. The second-order valence-electron chi connectivity index (χ2n) is 8.44. The normalized spacial score (nSPS) is 11.7. The average Bonchev–Trinajstić information content (AvgIpc) is 2.67. The largest absolute Gasteiger partial charge is 0.418 e. The first-order valence-electron chi connectivity index (χ1n) is 11.0. The Labute approximate surface area is 173 Å². The lowest BCUT2D eigenvalue weighted by molar-refractivity contribution is 0.327. The van der Waals surface area contributed by atoms with Crippen LogP contribution in [-0.4, -0.2) is 24.9 Å². The first kappa shape index (κ1) is 22.8. The van der Waals surface area contributed by atoms with Gasteiger partial charge in [0.05, 0.1) is 11.4 Å². The lowest BCUT2D eigenvalue weighted by Crippen LogP contribution is -2.29. The lowest BCUT2D eigenvalue weighted by atomic mass is 10.0. The van der Waals surface area contributed by atoms with Gasteiger partial charge in [0.25, 0.3) is 0 Å². The van der Waals surface area contributed by atoms with Crippen molar-refractivity contribution < 1.29 is 4.43 Å². The molecule has 2 aromatic heterocycles. The SMILES string of the molecule is CCO[Si](C)(C)CCCCCCCCCc1ccnc(-c2cc(C)ccn2)c1. The van der Waals surface area contributed by atoms with Crippen LogP contribution in [0.4, 0.5) is 0 Å². The van der Waals surface area contributed by atoms with E-state index in [1.54, 1.807) is 0 Å². The van der Waals surface area contributed by atoms with E-state index in [9.17, 15) is 0 Å². The maximum absolute atomic E-state index is 5.90. The van der Waals surface area contributed by atoms with Gasteiger partial charge in [-0.2, -0.15) is 0 Å². The van der Waals surface area contributed by atoms with Gasteiger partial charge in [-0.15, -0.1) is 0 Å². The van der Waals surface area contributed by atoms with Crippen LogP contribution < -0.4 is 0 Å². The second-order valence-corrected chi connectivity index (χ2v) is 12.7. The van der Waals surface area contributed by atoms with Crippen LogP contribution in [0.15, 0.2) is 36.7 Å². The molecule has 2 rings (SSSR count). The van der Waals surface area contributed by atoms with E-state index in [4.69, 9.17) is 4.43 Å². The molecule has 2 heterocycles. The Morgan fingerprint density at radius 2 is 1.43 bits per heavy atom. The highest BCUT2D eigenvalue weighted by Gasteiger charge is 2.20. The minimum atomic E-state index is -1.36. The van der Waals surface area contributed by atoms with Crippen LogP contribution >= 0.6 is 0 Å². The van der Waals surface area contributed by atoms with Gasteiger partial charge in [-0.1, -0.05) is 38.5 Å². The average molecular weight is 399 g/mol. The third-order valence-electron chi connectivity index (χ3n) is 5.28. The van der Waals surface area contributed by atoms with Crippen molar-refractivity contribution >= 4 is 8.32 Å². The van der Waals surface area contributed by atoms with Gasteiger partial charge in [-0.05, 0) is 81.2 Å². The topological polar surface area (TPSA) is 35.0 Å². The van der Waals surface area contributed by atoms with Crippen LogP contribution in [0.2, 0.25) is 19.1 Å². The standard InChI is InChI=1S/C24H38N2OSi/c1-5-27-28(3,4)18-12-10-8-6-7-9-11-13-22-15-17-26-24(20-22)23-19-21(2)14-16-25-23/h14-17,19-20H,5-13,18H2,1-4H3. The van der Waals surface area contributed by atoms with Crippen LogP contribution in [-0.2, 0) is 10.8 Å². The zero-order valence-electron chi connectivity index (χ0n) is 18.3. The highest BCUT2D eigenvalue weighted by molar-refractivity contribution is 6.71. The fraction of sp³-hybridized carbons (Fsp3) is 0.583. The maximum atomic E-state index is 5.90. The molecule has 0 aliphatic carbocycles. The van der Waals surface area contributed by atoms with Gasteiger partial charge in [0.1, 0.15) is 0 Å². The molecular weight excluding hydrogens is 360 g/mol. The number of aryl methyl sites for hydroxylation is 2. The Morgan fingerprint density at radius 3 is 2.11 bits per heavy atom. The molecule has 0 amide bonds. The fourth-order valence-electron chi connectivity index (χ4n) is 3.67. The van der Waals surface area contributed by atoms with Crippen LogP contribution in [0.1, 0.15) is 63.0 Å². The molecule has 2 aromatic rings. The zero-order chi connectivity index (χ0) is 20.2. The van der Waals surface area contributed by atoms with Crippen LogP contribution in [0.5, 0.6) is 0 Å². The third kappa shape index (κ3) is 8.66. The smallest absolute Gasteiger partial charge is 0.186 e. The number of hydrogen-bond donors (Lipinski definition) is 0. The number of aromatic nitrogens is 2. The van der Waals surface area contributed by atoms with E-state index >= 15 is 0 Å². The molecular formula is C24H38N2OSi. The number of nitrogens with zero attached hydrogens (tertiary/aromatic N) is 2. The van der Waals surface area contributed by atoms with Gasteiger partial charge in [0, 0.05) is 19.0 Å². The van der Waals surface area contributed by atoms with Gasteiger partial charge in [-0.25, -0.2) is 0 Å². The summed E-state index contributed by atoms with van der Waals surface area (Å²) in [4.78, 5) is 8.95. The summed E-state index contributed by atoms with van der Waals surface area (Å²) >= 11 is 0. The summed E-state index contributed by atoms with van der Waals surface area (Å²) in [5.41, 5.74) is 4.55. The Balaban J connectivity index is 1.60. The molecule has 154 valence electrons. The highest BCUT2D eigenvalue weighted by Crippen LogP contribution is 2.19. The summed E-state index contributed by atoms with van der Waals surface area (Å²) in [7, 11) is -1.36. The Kier molecular flexibility index (Phi) is 9.86. The minimum absolute atomic E-state index is 0.875. The van der Waals surface area contributed by atoms with Crippen molar-refractivity contribution in [2.24, 2.45) is 0 Å². The van der Waals surface area contributed by atoms with Crippen molar-refractivity contribution in [3.8, 4) is 11.4 Å². The van der Waals surface area contributed by atoms with Crippen molar-refractivity contribution in [3.05, 3.63) is 47.8 Å². The Bertz CT molecular complexity index is 703. The zero-order valence-corrected chi connectivity index (χ0v) is 19.3. The number of rotatable bonds is 13. The van der Waals surface area contributed by atoms with E-state index in [1.165, 1.54) is 62.1 Å².